The molecule has 7 heteroatoms. The number of rotatable bonds is 3. The lowest BCUT2D eigenvalue weighted by atomic mass is 10.1. The van der Waals surface area contributed by atoms with Gasteiger partial charge in [-0.25, -0.2) is 9.18 Å². The molecule has 1 aliphatic heterocycles. The van der Waals surface area contributed by atoms with Crippen molar-refractivity contribution in [2.24, 2.45) is 0 Å². The fraction of sp³-hybridized carbons (Fsp3) is 0.211. The lowest BCUT2D eigenvalue weighted by Gasteiger charge is -2.21. The molecule has 0 N–H and O–H groups in total. The first-order valence-electron chi connectivity index (χ1n) is 7.90. The quantitative estimate of drug-likeness (QED) is 0.636. The fourth-order valence-electron chi connectivity index (χ4n) is 2.95. The van der Waals surface area contributed by atoms with Crippen molar-refractivity contribution in [3.05, 3.63) is 68.3 Å². The second-order valence-corrected chi connectivity index (χ2v) is 6.39. The molecule has 2 aromatic carbocycles. The molecule has 26 heavy (non-hydrogen) atoms. The van der Waals surface area contributed by atoms with Crippen LogP contribution < -0.4 is 15.1 Å². The normalized spacial score (nSPS) is 13.3. The van der Waals surface area contributed by atoms with Crippen LogP contribution in [0.4, 0.5) is 4.39 Å². The van der Waals surface area contributed by atoms with Crippen LogP contribution in [0.25, 0.3) is 11.0 Å². The fourth-order valence-corrected chi connectivity index (χ4v) is 3.17. The lowest BCUT2D eigenvalue weighted by molar-refractivity contribution is -0.0178. The van der Waals surface area contributed by atoms with Crippen LogP contribution >= 0.6 is 11.6 Å². The highest BCUT2D eigenvalue weighted by Crippen LogP contribution is 2.34. The van der Waals surface area contributed by atoms with E-state index in [0.29, 0.717) is 33.2 Å². The highest BCUT2D eigenvalue weighted by Gasteiger charge is 2.18. The van der Waals surface area contributed by atoms with Gasteiger partial charge in [-0.2, -0.15) is 0 Å². The summed E-state index contributed by atoms with van der Waals surface area (Å²) < 4.78 is 35.4. The SMILES string of the molecule is Cc1cc(=O)oc2cc(OCc3cc(F)cc4c3OCOC4)c(Cl)cc12. The van der Waals surface area contributed by atoms with Crippen molar-refractivity contribution in [2.75, 3.05) is 6.79 Å². The van der Waals surface area contributed by atoms with Crippen LogP contribution in [-0.4, -0.2) is 6.79 Å². The Morgan fingerprint density at radius 2 is 2.08 bits per heavy atom. The molecule has 0 saturated heterocycles. The summed E-state index contributed by atoms with van der Waals surface area (Å²) in [6.45, 7) is 2.23. The maximum atomic E-state index is 13.8. The Bertz CT molecular complexity index is 1060. The van der Waals surface area contributed by atoms with E-state index in [2.05, 4.69) is 0 Å². The first-order valence-corrected chi connectivity index (χ1v) is 8.28. The van der Waals surface area contributed by atoms with Crippen LogP contribution in [-0.2, 0) is 18.0 Å². The van der Waals surface area contributed by atoms with Crippen molar-refractivity contribution in [3.63, 3.8) is 0 Å². The molecule has 0 aliphatic carbocycles. The number of hydrogen-bond donors (Lipinski definition) is 0. The third-order valence-electron chi connectivity index (χ3n) is 4.14. The minimum Gasteiger partial charge on any atom is -0.487 e. The minimum absolute atomic E-state index is 0.0430. The number of benzene rings is 2. The predicted octanol–water partition coefficient (Wildman–Crippen LogP) is 4.34. The minimum atomic E-state index is -0.448. The van der Waals surface area contributed by atoms with Gasteiger partial charge < -0.3 is 18.6 Å². The summed E-state index contributed by atoms with van der Waals surface area (Å²) in [6, 6.07) is 7.36. The summed E-state index contributed by atoms with van der Waals surface area (Å²) in [5.41, 5.74) is 1.86. The van der Waals surface area contributed by atoms with Crippen LogP contribution in [0.5, 0.6) is 11.5 Å². The Morgan fingerprint density at radius 1 is 1.23 bits per heavy atom. The number of hydrogen-bond acceptors (Lipinski definition) is 5. The molecule has 0 atom stereocenters. The summed E-state index contributed by atoms with van der Waals surface area (Å²) in [6.07, 6.45) is 0. The zero-order valence-corrected chi connectivity index (χ0v) is 14.6. The van der Waals surface area contributed by atoms with E-state index in [1.807, 2.05) is 0 Å². The third kappa shape index (κ3) is 3.13. The molecule has 4 rings (SSSR count). The Kier molecular flexibility index (Phi) is 4.30. The van der Waals surface area contributed by atoms with Crippen LogP contribution in [0.2, 0.25) is 5.02 Å². The maximum absolute atomic E-state index is 13.8. The van der Waals surface area contributed by atoms with Crippen LogP contribution in [0.15, 0.2) is 39.5 Å². The summed E-state index contributed by atoms with van der Waals surface area (Å²) in [5, 5.41) is 1.09. The van der Waals surface area contributed by atoms with Crippen molar-refractivity contribution < 1.29 is 23.0 Å². The van der Waals surface area contributed by atoms with E-state index in [4.69, 9.17) is 30.2 Å². The number of halogens is 2. The first-order chi connectivity index (χ1) is 12.5. The van der Waals surface area contributed by atoms with Gasteiger partial charge in [0.05, 0.1) is 11.6 Å². The molecule has 1 aromatic heterocycles. The van der Waals surface area contributed by atoms with Gasteiger partial charge in [-0.15, -0.1) is 0 Å². The molecule has 1 aliphatic rings. The van der Waals surface area contributed by atoms with E-state index in [1.54, 1.807) is 19.1 Å². The molecular formula is C19H14ClFO5. The average molecular weight is 377 g/mol. The van der Waals surface area contributed by atoms with Crippen molar-refractivity contribution in [2.45, 2.75) is 20.1 Å². The van der Waals surface area contributed by atoms with Gasteiger partial charge in [0.1, 0.15) is 29.5 Å². The number of fused-ring (bicyclic) bond motifs is 2. The molecule has 0 spiro atoms. The van der Waals surface area contributed by atoms with E-state index < -0.39 is 11.4 Å². The summed E-state index contributed by atoms with van der Waals surface area (Å²) >= 11 is 6.29. The van der Waals surface area contributed by atoms with Gasteiger partial charge in [-0.3, -0.25) is 0 Å². The largest absolute Gasteiger partial charge is 0.487 e. The second kappa shape index (κ2) is 6.63. The first kappa shape index (κ1) is 16.9. The van der Waals surface area contributed by atoms with E-state index >= 15 is 0 Å². The Morgan fingerprint density at radius 3 is 2.92 bits per heavy atom. The average Bonchev–Trinajstić information content (AvgIpc) is 2.60. The van der Waals surface area contributed by atoms with Gasteiger partial charge in [-0.1, -0.05) is 11.6 Å². The Labute approximate surface area is 152 Å². The standard InChI is InChI=1S/C19H14ClFO5/c1-10-2-18(22)26-16-6-17(15(20)5-14(10)16)24-8-12-4-13(21)3-11-7-23-9-25-19(11)12/h2-6H,7-9H2,1H3. The molecule has 134 valence electrons. The van der Waals surface area contributed by atoms with Crippen molar-refractivity contribution in [3.8, 4) is 11.5 Å². The van der Waals surface area contributed by atoms with Gasteiger partial charge in [-0.05, 0) is 30.7 Å². The summed E-state index contributed by atoms with van der Waals surface area (Å²) in [5.74, 6) is 0.484. The molecule has 3 aromatic rings. The molecular weight excluding hydrogens is 363 g/mol. The summed E-state index contributed by atoms with van der Waals surface area (Å²) in [4.78, 5) is 11.6. The number of aryl methyl sites for hydroxylation is 1. The monoisotopic (exact) mass is 376 g/mol. The second-order valence-electron chi connectivity index (χ2n) is 5.98. The van der Waals surface area contributed by atoms with Crippen LogP contribution in [0.3, 0.4) is 0 Å². The molecule has 0 amide bonds. The van der Waals surface area contributed by atoms with Gasteiger partial charge in [0, 0.05) is 28.6 Å². The van der Waals surface area contributed by atoms with Gasteiger partial charge in [0.15, 0.2) is 6.79 Å². The highest BCUT2D eigenvalue weighted by molar-refractivity contribution is 6.32. The van der Waals surface area contributed by atoms with E-state index in [0.717, 1.165) is 10.9 Å². The Hall–Kier alpha value is -2.57. The lowest BCUT2D eigenvalue weighted by Crippen LogP contribution is -2.14. The third-order valence-corrected chi connectivity index (χ3v) is 4.43. The molecule has 0 bridgehead atoms. The topological polar surface area (TPSA) is 57.9 Å². The zero-order chi connectivity index (χ0) is 18.3. The molecule has 5 nitrogen and oxygen atoms in total. The highest BCUT2D eigenvalue weighted by atomic mass is 35.5. The zero-order valence-electron chi connectivity index (χ0n) is 13.8. The van der Waals surface area contributed by atoms with Gasteiger partial charge in [0.25, 0.3) is 0 Å². The predicted molar refractivity (Wildman–Crippen MR) is 93.2 cm³/mol. The number of ether oxygens (including phenoxy) is 3. The van der Waals surface area contributed by atoms with E-state index in [1.165, 1.54) is 18.2 Å². The van der Waals surface area contributed by atoms with Gasteiger partial charge >= 0.3 is 5.63 Å². The maximum Gasteiger partial charge on any atom is 0.336 e. The molecule has 0 unspecified atom stereocenters. The smallest absolute Gasteiger partial charge is 0.336 e. The van der Waals surface area contributed by atoms with Crippen LogP contribution in [0, 0.1) is 12.7 Å². The molecule has 2 heterocycles. The van der Waals surface area contributed by atoms with Crippen molar-refractivity contribution in [1.29, 1.82) is 0 Å². The summed E-state index contributed by atoms with van der Waals surface area (Å²) in [7, 11) is 0. The van der Waals surface area contributed by atoms with E-state index in [-0.39, 0.29) is 20.0 Å². The Balaban J connectivity index is 1.67. The van der Waals surface area contributed by atoms with Crippen molar-refractivity contribution >= 4 is 22.6 Å². The molecule has 0 radical (unpaired) electrons. The van der Waals surface area contributed by atoms with E-state index in [9.17, 15) is 9.18 Å². The molecule has 0 saturated carbocycles. The van der Waals surface area contributed by atoms with Gasteiger partial charge in [0.2, 0.25) is 0 Å². The van der Waals surface area contributed by atoms with Crippen LogP contribution in [0.1, 0.15) is 16.7 Å². The molecule has 0 fully saturated rings. The van der Waals surface area contributed by atoms with Crippen molar-refractivity contribution in [1.82, 2.24) is 0 Å².